The van der Waals surface area contributed by atoms with Crippen molar-refractivity contribution in [2.75, 3.05) is 0 Å². The molecule has 2 unspecified atom stereocenters. The van der Waals surface area contributed by atoms with Gasteiger partial charge in [0.05, 0.1) is 0 Å². The Balaban J connectivity index is 1.97. The van der Waals surface area contributed by atoms with Gasteiger partial charge in [-0.3, -0.25) is 4.79 Å². The van der Waals surface area contributed by atoms with Gasteiger partial charge in [0.15, 0.2) is 0 Å². The van der Waals surface area contributed by atoms with E-state index in [2.05, 4.69) is 0 Å². The van der Waals surface area contributed by atoms with Crippen molar-refractivity contribution in [3.8, 4) is 0 Å². The molecule has 0 radical (unpaired) electrons. The van der Waals surface area contributed by atoms with Gasteiger partial charge in [0.1, 0.15) is 0 Å². The Hall–Kier alpha value is -0.0400. The van der Waals surface area contributed by atoms with Crippen LogP contribution in [-0.4, -0.2) is 5.24 Å². The van der Waals surface area contributed by atoms with Gasteiger partial charge >= 0.3 is 0 Å². The van der Waals surface area contributed by atoms with Crippen LogP contribution < -0.4 is 0 Å². The van der Waals surface area contributed by atoms with Crippen molar-refractivity contribution in [2.45, 2.75) is 19.3 Å². The van der Waals surface area contributed by atoms with E-state index in [0.29, 0.717) is 0 Å². The molecule has 2 rings (SSSR count). The van der Waals surface area contributed by atoms with Crippen molar-refractivity contribution < 1.29 is 4.79 Å². The minimum absolute atomic E-state index is 0.109. The van der Waals surface area contributed by atoms with Gasteiger partial charge in [0.2, 0.25) is 5.24 Å². The highest BCUT2D eigenvalue weighted by atomic mass is 35.5. The summed E-state index contributed by atoms with van der Waals surface area (Å²) >= 11 is 5.33. The topological polar surface area (TPSA) is 17.1 Å². The third-order valence-electron chi connectivity index (χ3n) is 2.56. The van der Waals surface area contributed by atoms with E-state index in [1.807, 2.05) is 0 Å². The van der Waals surface area contributed by atoms with Gasteiger partial charge in [0, 0.05) is 5.92 Å². The van der Waals surface area contributed by atoms with Gasteiger partial charge in [0.25, 0.3) is 0 Å². The Labute approximate surface area is 59.4 Å². The first kappa shape index (κ1) is 5.72. The SMILES string of the molecule is O=C(Cl)C1CC2CC2C1. The van der Waals surface area contributed by atoms with Gasteiger partial charge in [-0.15, -0.1) is 0 Å². The molecule has 0 heterocycles. The van der Waals surface area contributed by atoms with Crippen molar-refractivity contribution >= 4 is 16.8 Å². The molecule has 2 saturated carbocycles. The van der Waals surface area contributed by atoms with Crippen molar-refractivity contribution in [2.24, 2.45) is 17.8 Å². The van der Waals surface area contributed by atoms with E-state index in [9.17, 15) is 4.79 Å². The molecule has 2 aliphatic carbocycles. The molecule has 0 aromatic carbocycles. The van der Waals surface area contributed by atoms with Crippen LogP contribution in [0.1, 0.15) is 19.3 Å². The lowest BCUT2D eigenvalue weighted by Gasteiger charge is -2.02. The molecule has 0 amide bonds. The second-order valence-electron chi connectivity index (χ2n) is 3.23. The Kier molecular flexibility index (Phi) is 1.10. The van der Waals surface area contributed by atoms with Crippen LogP contribution in [0.15, 0.2) is 0 Å². The van der Waals surface area contributed by atoms with E-state index in [-0.39, 0.29) is 11.2 Å². The van der Waals surface area contributed by atoms with E-state index in [1.165, 1.54) is 6.42 Å². The van der Waals surface area contributed by atoms with Crippen LogP contribution in [0.3, 0.4) is 0 Å². The predicted octanol–water partition coefficient (Wildman–Crippen LogP) is 1.80. The molecule has 0 spiro atoms. The summed E-state index contributed by atoms with van der Waals surface area (Å²) < 4.78 is 0. The van der Waals surface area contributed by atoms with Crippen molar-refractivity contribution in [1.82, 2.24) is 0 Å². The molecule has 0 aromatic heterocycles. The van der Waals surface area contributed by atoms with Gasteiger partial charge < -0.3 is 0 Å². The van der Waals surface area contributed by atoms with Crippen LogP contribution >= 0.6 is 11.6 Å². The lowest BCUT2D eigenvalue weighted by Crippen LogP contribution is -2.04. The largest absolute Gasteiger partial charge is 0.281 e. The highest BCUT2D eigenvalue weighted by molar-refractivity contribution is 6.64. The summed E-state index contributed by atoms with van der Waals surface area (Å²) in [5.41, 5.74) is 0. The smallest absolute Gasteiger partial charge is 0.224 e. The van der Waals surface area contributed by atoms with Crippen molar-refractivity contribution in [1.29, 1.82) is 0 Å². The quantitative estimate of drug-likeness (QED) is 0.513. The molecule has 2 atom stereocenters. The standard InChI is InChI=1S/C7H9ClO/c8-7(9)6-2-4-1-5(4)3-6/h4-6H,1-3H2. The van der Waals surface area contributed by atoms with Gasteiger partial charge in [-0.2, -0.15) is 0 Å². The van der Waals surface area contributed by atoms with Crippen molar-refractivity contribution in [3.63, 3.8) is 0 Å². The molecule has 9 heavy (non-hydrogen) atoms. The van der Waals surface area contributed by atoms with E-state index in [0.717, 1.165) is 24.7 Å². The molecule has 2 aliphatic rings. The average Bonchev–Trinajstić information content (AvgIpc) is 2.40. The third kappa shape index (κ3) is 0.877. The third-order valence-corrected chi connectivity index (χ3v) is 2.87. The van der Waals surface area contributed by atoms with Crippen LogP contribution in [0.4, 0.5) is 0 Å². The maximum atomic E-state index is 10.6. The number of hydrogen-bond acceptors (Lipinski definition) is 1. The van der Waals surface area contributed by atoms with E-state index < -0.39 is 0 Å². The molecule has 2 heteroatoms. The minimum atomic E-state index is -0.109. The predicted molar refractivity (Wildman–Crippen MR) is 35.2 cm³/mol. The number of carbonyl (C=O) groups is 1. The number of rotatable bonds is 1. The Morgan fingerprint density at radius 3 is 2.11 bits per heavy atom. The zero-order chi connectivity index (χ0) is 6.43. The Morgan fingerprint density at radius 1 is 1.22 bits per heavy atom. The zero-order valence-electron chi connectivity index (χ0n) is 5.14. The molecule has 0 aromatic rings. The summed E-state index contributed by atoms with van der Waals surface area (Å²) in [4.78, 5) is 10.6. The molecule has 2 fully saturated rings. The Bertz CT molecular complexity index is 145. The number of carbonyl (C=O) groups excluding carboxylic acids is 1. The molecule has 0 N–H and O–H groups in total. The molecule has 0 aliphatic heterocycles. The fourth-order valence-corrected chi connectivity index (χ4v) is 2.08. The lowest BCUT2D eigenvalue weighted by molar-refractivity contribution is -0.115. The second kappa shape index (κ2) is 1.72. The number of hydrogen-bond donors (Lipinski definition) is 0. The number of halogens is 1. The second-order valence-corrected chi connectivity index (χ2v) is 3.60. The molecule has 0 saturated heterocycles. The highest BCUT2D eigenvalue weighted by Gasteiger charge is 2.47. The summed E-state index contributed by atoms with van der Waals surface area (Å²) in [7, 11) is 0. The first-order valence-corrected chi connectivity index (χ1v) is 3.84. The van der Waals surface area contributed by atoms with E-state index >= 15 is 0 Å². The maximum absolute atomic E-state index is 10.6. The summed E-state index contributed by atoms with van der Waals surface area (Å²) in [6.07, 6.45) is 3.51. The van der Waals surface area contributed by atoms with Gasteiger partial charge in [-0.05, 0) is 42.7 Å². The summed E-state index contributed by atoms with van der Waals surface area (Å²) in [5, 5.41) is -0.109. The van der Waals surface area contributed by atoms with E-state index in [4.69, 9.17) is 11.6 Å². The average molecular weight is 145 g/mol. The zero-order valence-corrected chi connectivity index (χ0v) is 5.90. The maximum Gasteiger partial charge on any atom is 0.224 e. The van der Waals surface area contributed by atoms with Gasteiger partial charge in [-0.1, -0.05) is 0 Å². The first-order valence-electron chi connectivity index (χ1n) is 3.46. The van der Waals surface area contributed by atoms with Crippen LogP contribution in [0.2, 0.25) is 0 Å². The van der Waals surface area contributed by atoms with Crippen molar-refractivity contribution in [3.05, 3.63) is 0 Å². The molecular weight excluding hydrogens is 136 g/mol. The number of fused-ring (bicyclic) bond motifs is 1. The summed E-state index contributed by atoms with van der Waals surface area (Å²) in [5.74, 6) is 1.96. The first-order chi connectivity index (χ1) is 4.27. The van der Waals surface area contributed by atoms with Crippen LogP contribution in [-0.2, 0) is 4.79 Å². The highest BCUT2D eigenvalue weighted by Crippen LogP contribution is 2.54. The van der Waals surface area contributed by atoms with Gasteiger partial charge in [-0.25, -0.2) is 0 Å². The lowest BCUT2D eigenvalue weighted by atomic mass is 10.1. The van der Waals surface area contributed by atoms with Crippen LogP contribution in [0, 0.1) is 17.8 Å². The monoisotopic (exact) mass is 144 g/mol. The summed E-state index contributed by atoms with van der Waals surface area (Å²) in [6, 6.07) is 0. The fourth-order valence-electron chi connectivity index (χ4n) is 1.90. The normalized spacial score (nSPS) is 46.6. The molecule has 1 nitrogen and oxygen atoms in total. The van der Waals surface area contributed by atoms with Crippen LogP contribution in [0.5, 0.6) is 0 Å². The van der Waals surface area contributed by atoms with E-state index in [1.54, 1.807) is 0 Å². The molecular formula is C7H9ClO. The molecule has 0 bridgehead atoms. The van der Waals surface area contributed by atoms with Crippen LogP contribution in [0.25, 0.3) is 0 Å². The minimum Gasteiger partial charge on any atom is -0.281 e. The fraction of sp³-hybridized carbons (Fsp3) is 0.857. The molecule has 50 valence electrons. The Morgan fingerprint density at radius 2 is 1.78 bits per heavy atom. The summed E-state index contributed by atoms with van der Waals surface area (Å²) in [6.45, 7) is 0.